The van der Waals surface area contributed by atoms with E-state index in [1.165, 1.54) is 38.5 Å². The van der Waals surface area contributed by atoms with Gasteiger partial charge in [-0.05, 0) is 12.8 Å². The number of unbranched alkanes of at least 4 members (excludes halogenated alkanes) is 11. The van der Waals surface area contributed by atoms with Crippen LogP contribution in [0.3, 0.4) is 0 Å². The highest BCUT2D eigenvalue weighted by atomic mass is 32.2. The molecule has 9 heteroatoms. The number of hydrogen-bond donors (Lipinski definition) is 3. The van der Waals surface area contributed by atoms with E-state index in [1.54, 1.807) is 0 Å². The van der Waals surface area contributed by atoms with Crippen molar-refractivity contribution in [1.82, 2.24) is 4.90 Å². The van der Waals surface area contributed by atoms with Gasteiger partial charge in [0.25, 0.3) is 16.0 Å². The second-order valence-corrected chi connectivity index (χ2v) is 10.6. The molecule has 0 aromatic rings. The third kappa shape index (κ3) is 20.4. The molecule has 0 aliphatic heterocycles. The first kappa shape index (κ1) is 32.3. The molecule has 0 aromatic heterocycles. The third-order valence-corrected chi connectivity index (χ3v) is 6.38. The van der Waals surface area contributed by atoms with Crippen LogP contribution >= 0.6 is 0 Å². The van der Waals surface area contributed by atoms with Gasteiger partial charge in [0.05, 0.1) is 18.5 Å². The molecule has 1 amide bonds. The topological polar surface area (TPSA) is 124 Å². The fourth-order valence-corrected chi connectivity index (χ4v) is 4.11. The normalized spacial score (nSPS) is 13.7. The van der Waals surface area contributed by atoms with Gasteiger partial charge in [-0.1, -0.05) is 90.9 Å². The van der Waals surface area contributed by atoms with Gasteiger partial charge in [0, 0.05) is 19.7 Å². The SMILES string of the molecule is CCCCCCCCCOCC(O)CN(CCS(=O)(=O)O)C(=O)C(O)CCCCCCCC. The highest BCUT2D eigenvalue weighted by molar-refractivity contribution is 7.85. The maximum atomic E-state index is 12.6. The van der Waals surface area contributed by atoms with Crippen LogP contribution in [-0.4, -0.2) is 78.3 Å². The van der Waals surface area contributed by atoms with Crippen LogP contribution in [0.1, 0.15) is 104 Å². The van der Waals surface area contributed by atoms with Crippen molar-refractivity contribution in [2.24, 2.45) is 0 Å². The average Bonchev–Trinajstić information content (AvgIpc) is 2.76. The highest BCUT2D eigenvalue weighted by Crippen LogP contribution is 2.11. The third-order valence-electron chi connectivity index (χ3n) is 5.68. The Morgan fingerprint density at radius 1 is 0.848 bits per heavy atom. The lowest BCUT2D eigenvalue weighted by Gasteiger charge is -2.27. The highest BCUT2D eigenvalue weighted by Gasteiger charge is 2.25. The van der Waals surface area contributed by atoms with Crippen molar-refractivity contribution in [3.05, 3.63) is 0 Å². The van der Waals surface area contributed by atoms with Crippen LogP contribution in [0.25, 0.3) is 0 Å². The molecule has 0 fully saturated rings. The van der Waals surface area contributed by atoms with Crippen molar-refractivity contribution in [2.75, 3.05) is 32.1 Å². The number of aliphatic hydroxyl groups is 2. The minimum atomic E-state index is -4.27. The number of rotatable bonds is 23. The molecule has 33 heavy (non-hydrogen) atoms. The van der Waals surface area contributed by atoms with Gasteiger partial charge in [0.1, 0.15) is 6.10 Å². The van der Waals surface area contributed by atoms with Gasteiger partial charge in [0.15, 0.2) is 0 Å². The molecular weight excluding hydrogens is 446 g/mol. The van der Waals surface area contributed by atoms with Crippen molar-refractivity contribution >= 4 is 16.0 Å². The molecule has 0 aromatic carbocycles. The zero-order chi connectivity index (χ0) is 25.0. The summed E-state index contributed by atoms with van der Waals surface area (Å²) in [6.45, 7) is 4.42. The number of ether oxygens (including phenoxy) is 1. The summed E-state index contributed by atoms with van der Waals surface area (Å²) in [7, 11) is -4.27. The van der Waals surface area contributed by atoms with Crippen LogP contribution < -0.4 is 0 Å². The number of amides is 1. The average molecular weight is 496 g/mol. The van der Waals surface area contributed by atoms with Gasteiger partial charge in [0.2, 0.25) is 0 Å². The van der Waals surface area contributed by atoms with E-state index >= 15 is 0 Å². The predicted octanol–water partition coefficient (Wildman–Crippen LogP) is 3.94. The Balaban J connectivity index is 4.37. The van der Waals surface area contributed by atoms with E-state index in [0.29, 0.717) is 13.0 Å². The monoisotopic (exact) mass is 495 g/mol. The molecule has 0 radical (unpaired) electrons. The standard InChI is InChI=1S/C24H49NO7S/c1-3-5-7-9-11-13-15-18-32-21-22(26)20-25(17-19-33(29,30)31)24(28)23(27)16-14-12-10-8-6-4-2/h22-23,26-27H,3-21H2,1-2H3,(H,29,30,31). The Morgan fingerprint density at radius 3 is 1.91 bits per heavy atom. The fourth-order valence-electron chi connectivity index (χ4n) is 3.66. The van der Waals surface area contributed by atoms with Crippen LogP contribution in [0.4, 0.5) is 0 Å². The van der Waals surface area contributed by atoms with Crippen LogP contribution in [0, 0.1) is 0 Å². The summed E-state index contributed by atoms with van der Waals surface area (Å²) >= 11 is 0. The van der Waals surface area contributed by atoms with Gasteiger partial charge in [-0.3, -0.25) is 9.35 Å². The van der Waals surface area contributed by atoms with E-state index in [0.717, 1.165) is 43.4 Å². The van der Waals surface area contributed by atoms with E-state index in [1.807, 2.05) is 0 Å². The van der Waals surface area contributed by atoms with E-state index < -0.39 is 34.0 Å². The number of hydrogen-bond acceptors (Lipinski definition) is 6. The van der Waals surface area contributed by atoms with E-state index in [4.69, 9.17) is 9.29 Å². The Kier molecular flexibility index (Phi) is 20.2. The zero-order valence-corrected chi connectivity index (χ0v) is 21.7. The van der Waals surface area contributed by atoms with Crippen LogP contribution in [0.2, 0.25) is 0 Å². The smallest absolute Gasteiger partial charge is 0.266 e. The first-order valence-corrected chi connectivity index (χ1v) is 14.5. The molecular formula is C24H49NO7S. The van der Waals surface area contributed by atoms with E-state index in [2.05, 4.69) is 13.8 Å². The van der Waals surface area contributed by atoms with Crippen molar-refractivity contribution in [3.8, 4) is 0 Å². The van der Waals surface area contributed by atoms with E-state index in [-0.39, 0.29) is 26.1 Å². The lowest BCUT2D eigenvalue weighted by molar-refractivity contribution is -0.142. The quantitative estimate of drug-likeness (QED) is 0.145. The van der Waals surface area contributed by atoms with Gasteiger partial charge in [-0.15, -0.1) is 0 Å². The minimum Gasteiger partial charge on any atom is -0.389 e. The molecule has 0 saturated heterocycles. The summed E-state index contributed by atoms with van der Waals surface area (Å²) in [6, 6.07) is 0. The maximum absolute atomic E-state index is 12.6. The number of carbonyl (C=O) groups excluding carboxylic acids is 1. The number of carbonyl (C=O) groups is 1. The molecule has 0 saturated carbocycles. The maximum Gasteiger partial charge on any atom is 0.266 e. The van der Waals surface area contributed by atoms with Gasteiger partial charge >= 0.3 is 0 Å². The summed E-state index contributed by atoms with van der Waals surface area (Å²) in [5, 5.41) is 20.5. The van der Waals surface area contributed by atoms with Crippen molar-refractivity contribution in [3.63, 3.8) is 0 Å². The van der Waals surface area contributed by atoms with Gasteiger partial charge < -0.3 is 19.8 Å². The Bertz CT molecular complexity index is 571. The molecule has 0 rings (SSSR count). The zero-order valence-electron chi connectivity index (χ0n) is 20.9. The molecule has 0 spiro atoms. The summed E-state index contributed by atoms with van der Waals surface area (Å²) in [5.41, 5.74) is 0. The van der Waals surface area contributed by atoms with Crippen LogP contribution in [0.15, 0.2) is 0 Å². The van der Waals surface area contributed by atoms with Crippen molar-refractivity contribution in [1.29, 1.82) is 0 Å². The summed E-state index contributed by atoms with van der Waals surface area (Å²) in [6.07, 6.45) is 12.3. The Hall–Kier alpha value is -0.740. The molecule has 0 aliphatic carbocycles. The molecule has 0 bridgehead atoms. The lowest BCUT2D eigenvalue weighted by Crippen LogP contribution is -2.46. The second-order valence-electron chi connectivity index (χ2n) is 8.99. The summed E-state index contributed by atoms with van der Waals surface area (Å²) in [5.74, 6) is -1.27. The largest absolute Gasteiger partial charge is 0.389 e. The van der Waals surface area contributed by atoms with Gasteiger partial charge in [-0.2, -0.15) is 8.42 Å². The summed E-state index contributed by atoms with van der Waals surface area (Å²) < 4.78 is 36.8. The van der Waals surface area contributed by atoms with Crippen molar-refractivity contribution in [2.45, 2.75) is 116 Å². The molecule has 8 nitrogen and oxygen atoms in total. The predicted molar refractivity (Wildman–Crippen MR) is 132 cm³/mol. The summed E-state index contributed by atoms with van der Waals surface area (Å²) in [4.78, 5) is 13.7. The molecule has 0 heterocycles. The molecule has 198 valence electrons. The van der Waals surface area contributed by atoms with E-state index in [9.17, 15) is 23.4 Å². The van der Waals surface area contributed by atoms with Crippen molar-refractivity contribution < 1.29 is 32.7 Å². The molecule has 2 atom stereocenters. The first-order chi connectivity index (χ1) is 15.7. The number of aliphatic hydroxyl groups excluding tert-OH is 2. The van der Waals surface area contributed by atoms with Crippen LogP contribution in [0.5, 0.6) is 0 Å². The molecule has 0 aliphatic rings. The molecule has 2 unspecified atom stereocenters. The minimum absolute atomic E-state index is 0.0268. The van der Waals surface area contributed by atoms with Gasteiger partial charge in [-0.25, -0.2) is 0 Å². The lowest BCUT2D eigenvalue weighted by atomic mass is 10.1. The first-order valence-electron chi connectivity index (χ1n) is 12.9. The second kappa shape index (κ2) is 20.6. The van der Waals surface area contributed by atoms with Crippen LogP contribution in [-0.2, 0) is 19.6 Å². The molecule has 3 N–H and O–H groups in total. The Labute approximate surface area is 201 Å². The fraction of sp³-hybridized carbons (Fsp3) is 0.958. The number of nitrogens with zero attached hydrogens (tertiary/aromatic N) is 1. The Morgan fingerprint density at radius 2 is 1.36 bits per heavy atom.